The first-order chi connectivity index (χ1) is 6.20. The molecule has 0 spiro atoms. The summed E-state index contributed by atoms with van der Waals surface area (Å²) in [7, 11) is 0. The van der Waals surface area contributed by atoms with Gasteiger partial charge in [0.05, 0.1) is 5.75 Å². The number of nitrogens with zero attached hydrogens (tertiary/aromatic N) is 1. The summed E-state index contributed by atoms with van der Waals surface area (Å²) in [6, 6.07) is 0. The van der Waals surface area contributed by atoms with Crippen LogP contribution in [0.4, 0.5) is 0 Å². The molecule has 0 radical (unpaired) electrons. The van der Waals surface area contributed by atoms with Gasteiger partial charge in [0.25, 0.3) is 0 Å². The lowest BCUT2D eigenvalue weighted by Gasteiger charge is -2.27. The molecule has 0 atom stereocenters. The molecule has 1 heterocycles. The van der Waals surface area contributed by atoms with E-state index in [1.54, 1.807) is 6.92 Å². The van der Waals surface area contributed by atoms with Gasteiger partial charge < -0.3 is 4.90 Å². The van der Waals surface area contributed by atoms with E-state index < -0.39 is 0 Å². The third-order valence-corrected chi connectivity index (χ3v) is 4.28. The fraction of sp³-hybridized carbons (Fsp3) is 0.750. The van der Waals surface area contributed by atoms with Crippen LogP contribution in [0.5, 0.6) is 0 Å². The summed E-state index contributed by atoms with van der Waals surface area (Å²) in [5, 5.41) is 0. The average molecular weight is 235 g/mol. The van der Waals surface area contributed by atoms with Crippen LogP contribution in [0.3, 0.4) is 0 Å². The highest BCUT2D eigenvalue weighted by Crippen LogP contribution is 2.15. The molecule has 0 unspecified atom stereocenters. The van der Waals surface area contributed by atoms with Gasteiger partial charge in [-0.25, -0.2) is 0 Å². The lowest BCUT2D eigenvalue weighted by molar-refractivity contribution is -0.114. The highest BCUT2D eigenvalue weighted by molar-refractivity contribution is 8.23. The van der Waals surface area contributed by atoms with Crippen LogP contribution in [0, 0.1) is 0 Å². The summed E-state index contributed by atoms with van der Waals surface area (Å²) in [5.74, 6) is 3.02. The second kappa shape index (κ2) is 5.88. The molecular formula is C8H13NOS3. The molecule has 0 bridgehead atoms. The van der Waals surface area contributed by atoms with E-state index in [1.807, 2.05) is 11.8 Å². The zero-order valence-corrected chi connectivity index (χ0v) is 10.1. The summed E-state index contributed by atoms with van der Waals surface area (Å²) >= 11 is 8.67. The van der Waals surface area contributed by atoms with Crippen molar-refractivity contribution < 1.29 is 4.79 Å². The van der Waals surface area contributed by atoms with Crippen molar-refractivity contribution in [2.24, 2.45) is 0 Å². The topological polar surface area (TPSA) is 20.3 Å². The quantitative estimate of drug-likeness (QED) is 0.676. The minimum Gasteiger partial charge on any atom is -0.356 e. The van der Waals surface area contributed by atoms with E-state index in [0.717, 1.165) is 28.9 Å². The SMILES string of the molecule is CC(=O)CSC(=S)N1CCSCC1. The van der Waals surface area contributed by atoms with Gasteiger partial charge in [-0.15, -0.1) is 0 Å². The lowest BCUT2D eigenvalue weighted by atomic mass is 10.5. The zero-order valence-electron chi connectivity index (χ0n) is 7.62. The second-order valence-corrected chi connectivity index (χ2v) is 5.69. The van der Waals surface area contributed by atoms with E-state index in [1.165, 1.54) is 11.8 Å². The minimum atomic E-state index is 0.193. The van der Waals surface area contributed by atoms with Gasteiger partial charge in [-0.3, -0.25) is 4.79 Å². The molecule has 0 aromatic rings. The number of hydrogen-bond acceptors (Lipinski definition) is 4. The number of carbonyl (C=O) groups is 1. The highest BCUT2D eigenvalue weighted by Gasteiger charge is 2.13. The van der Waals surface area contributed by atoms with Crippen molar-refractivity contribution in [1.82, 2.24) is 4.90 Å². The summed E-state index contributed by atoms with van der Waals surface area (Å²) in [6.45, 7) is 3.67. The Hall–Kier alpha value is 0.260. The average Bonchev–Trinajstić information content (AvgIpc) is 2.15. The molecule has 2 nitrogen and oxygen atoms in total. The van der Waals surface area contributed by atoms with Crippen LogP contribution in [0.1, 0.15) is 6.92 Å². The standard InChI is InChI=1S/C8H13NOS3/c1-7(10)6-13-8(11)9-2-4-12-5-3-9/h2-6H2,1H3. The van der Waals surface area contributed by atoms with Gasteiger partial charge >= 0.3 is 0 Å². The zero-order chi connectivity index (χ0) is 9.68. The maximum absolute atomic E-state index is 10.7. The molecule has 1 fully saturated rings. The van der Waals surface area contributed by atoms with Gasteiger partial charge in [-0.05, 0) is 6.92 Å². The van der Waals surface area contributed by atoms with Crippen LogP contribution < -0.4 is 0 Å². The Morgan fingerprint density at radius 1 is 1.54 bits per heavy atom. The summed E-state index contributed by atoms with van der Waals surface area (Å²) in [5.41, 5.74) is 0. The summed E-state index contributed by atoms with van der Waals surface area (Å²) in [6.07, 6.45) is 0. The predicted molar refractivity (Wildman–Crippen MR) is 64.6 cm³/mol. The van der Waals surface area contributed by atoms with Crippen LogP contribution in [-0.4, -0.2) is 45.4 Å². The Morgan fingerprint density at radius 2 is 2.15 bits per heavy atom. The molecule has 1 saturated heterocycles. The van der Waals surface area contributed by atoms with Crippen LogP contribution in [0.25, 0.3) is 0 Å². The first-order valence-electron chi connectivity index (χ1n) is 4.19. The Bertz CT molecular complexity index is 202. The fourth-order valence-corrected chi connectivity index (χ4v) is 2.95. The van der Waals surface area contributed by atoms with Gasteiger partial charge in [-0.1, -0.05) is 24.0 Å². The number of rotatable bonds is 2. The molecule has 0 saturated carbocycles. The Labute approximate surface area is 92.8 Å². The molecular weight excluding hydrogens is 222 g/mol. The molecule has 0 aliphatic carbocycles. The van der Waals surface area contributed by atoms with Crippen LogP contribution >= 0.6 is 35.7 Å². The summed E-state index contributed by atoms with van der Waals surface area (Å²) in [4.78, 5) is 12.9. The first kappa shape index (κ1) is 11.3. The first-order valence-corrected chi connectivity index (χ1v) is 6.74. The van der Waals surface area contributed by atoms with E-state index in [9.17, 15) is 4.79 Å². The predicted octanol–water partition coefficient (Wildman–Crippen LogP) is 1.64. The third kappa shape index (κ3) is 4.33. The highest BCUT2D eigenvalue weighted by atomic mass is 32.2. The summed E-state index contributed by atoms with van der Waals surface area (Å²) < 4.78 is 0.885. The van der Waals surface area contributed by atoms with E-state index >= 15 is 0 Å². The Kier molecular flexibility index (Phi) is 5.13. The van der Waals surface area contributed by atoms with Crippen molar-refractivity contribution >= 4 is 45.8 Å². The van der Waals surface area contributed by atoms with Crippen LogP contribution in [-0.2, 0) is 4.79 Å². The molecule has 0 aromatic heterocycles. The molecule has 1 aliphatic rings. The molecule has 74 valence electrons. The molecule has 0 amide bonds. The van der Waals surface area contributed by atoms with E-state index in [0.29, 0.717) is 5.75 Å². The number of thiocarbonyl (C=S) groups is 1. The van der Waals surface area contributed by atoms with Gasteiger partial charge in [0.15, 0.2) is 0 Å². The van der Waals surface area contributed by atoms with Gasteiger partial charge in [0.1, 0.15) is 10.1 Å². The number of thioether (sulfide) groups is 2. The molecule has 1 rings (SSSR count). The molecule has 0 aromatic carbocycles. The Morgan fingerprint density at radius 3 is 2.69 bits per heavy atom. The molecule has 0 N–H and O–H groups in total. The van der Waals surface area contributed by atoms with E-state index in [2.05, 4.69) is 4.90 Å². The van der Waals surface area contributed by atoms with Crippen molar-refractivity contribution in [3.05, 3.63) is 0 Å². The maximum atomic E-state index is 10.7. The number of hydrogen-bond donors (Lipinski definition) is 0. The smallest absolute Gasteiger partial charge is 0.140 e. The van der Waals surface area contributed by atoms with Gasteiger partial charge in [-0.2, -0.15) is 11.8 Å². The van der Waals surface area contributed by atoms with Crippen molar-refractivity contribution in [3.8, 4) is 0 Å². The largest absolute Gasteiger partial charge is 0.356 e. The second-order valence-electron chi connectivity index (χ2n) is 2.86. The van der Waals surface area contributed by atoms with E-state index in [4.69, 9.17) is 12.2 Å². The van der Waals surface area contributed by atoms with Crippen LogP contribution in [0.2, 0.25) is 0 Å². The molecule has 13 heavy (non-hydrogen) atoms. The normalized spacial score (nSPS) is 17.2. The molecule has 5 heteroatoms. The van der Waals surface area contributed by atoms with Crippen molar-refractivity contribution in [2.45, 2.75) is 6.92 Å². The number of carbonyl (C=O) groups excluding carboxylic acids is 1. The maximum Gasteiger partial charge on any atom is 0.140 e. The number of ketones is 1. The van der Waals surface area contributed by atoms with Crippen molar-refractivity contribution in [3.63, 3.8) is 0 Å². The van der Waals surface area contributed by atoms with Crippen molar-refractivity contribution in [1.29, 1.82) is 0 Å². The number of Topliss-reactive ketones (excluding diaryl/α,β-unsaturated/α-hetero) is 1. The van der Waals surface area contributed by atoms with Crippen LogP contribution in [0.15, 0.2) is 0 Å². The van der Waals surface area contributed by atoms with Gasteiger partial charge in [0, 0.05) is 24.6 Å². The molecule has 1 aliphatic heterocycles. The lowest BCUT2D eigenvalue weighted by Crippen LogP contribution is -2.35. The Balaban J connectivity index is 2.25. The monoisotopic (exact) mass is 235 g/mol. The van der Waals surface area contributed by atoms with Crippen molar-refractivity contribution in [2.75, 3.05) is 30.3 Å². The fourth-order valence-electron chi connectivity index (χ4n) is 1.00. The minimum absolute atomic E-state index is 0.193. The third-order valence-electron chi connectivity index (χ3n) is 1.67. The van der Waals surface area contributed by atoms with E-state index in [-0.39, 0.29) is 5.78 Å². The van der Waals surface area contributed by atoms with Gasteiger partial charge in [0.2, 0.25) is 0 Å².